The fraction of sp³-hybridized carbons (Fsp3) is 0.391. The predicted octanol–water partition coefficient (Wildman–Crippen LogP) is 3.22. The van der Waals surface area contributed by atoms with E-state index >= 15 is 0 Å². The number of carbonyl (C=O) groups excluding carboxylic acids is 2. The van der Waals surface area contributed by atoms with Gasteiger partial charge in [-0.25, -0.2) is 0 Å². The van der Waals surface area contributed by atoms with Crippen molar-refractivity contribution in [1.82, 2.24) is 10.2 Å². The normalized spacial score (nSPS) is 14.7. The number of likely N-dealkylation sites (tertiary alicyclic amines) is 1. The van der Waals surface area contributed by atoms with E-state index in [-0.39, 0.29) is 17.7 Å². The fourth-order valence-corrected chi connectivity index (χ4v) is 3.56. The number of amides is 2. The van der Waals surface area contributed by atoms with Crippen LogP contribution in [0.15, 0.2) is 60.7 Å². The number of hydrogen-bond donors (Lipinski definition) is 1. The van der Waals surface area contributed by atoms with Crippen LogP contribution in [0.5, 0.6) is 0 Å². The summed E-state index contributed by atoms with van der Waals surface area (Å²) >= 11 is 0. The number of carbonyl (C=O) groups is 2. The first-order valence-electron chi connectivity index (χ1n) is 9.86. The van der Waals surface area contributed by atoms with Crippen LogP contribution in [0.2, 0.25) is 0 Å². The van der Waals surface area contributed by atoms with Crippen LogP contribution >= 0.6 is 0 Å². The van der Waals surface area contributed by atoms with E-state index in [1.54, 1.807) is 0 Å². The van der Waals surface area contributed by atoms with Crippen LogP contribution in [0, 0.1) is 5.92 Å². The average molecular weight is 364 g/mol. The lowest BCUT2D eigenvalue weighted by Gasteiger charge is -2.31. The second-order valence-corrected chi connectivity index (χ2v) is 7.17. The van der Waals surface area contributed by atoms with Crippen LogP contribution < -0.4 is 5.32 Å². The largest absolute Gasteiger partial charge is 0.356 e. The molecule has 0 spiro atoms. The van der Waals surface area contributed by atoms with Crippen LogP contribution in [0.4, 0.5) is 0 Å². The van der Waals surface area contributed by atoms with Crippen molar-refractivity contribution in [2.45, 2.75) is 32.1 Å². The summed E-state index contributed by atoms with van der Waals surface area (Å²) in [4.78, 5) is 26.7. The van der Waals surface area contributed by atoms with E-state index in [4.69, 9.17) is 0 Å². The van der Waals surface area contributed by atoms with Gasteiger partial charge in [-0.2, -0.15) is 0 Å². The Morgan fingerprint density at radius 1 is 0.852 bits per heavy atom. The molecule has 4 heteroatoms. The van der Waals surface area contributed by atoms with Gasteiger partial charge in [-0.15, -0.1) is 0 Å². The number of nitrogens with zero attached hydrogens (tertiary/aromatic N) is 1. The van der Waals surface area contributed by atoms with Gasteiger partial charge in [0.05, 0.1) is 0 Å². The van der Waals surface area contributed by atoms with E-state index in [1.165, 1.54) is 11.1 Å². The lowest BCUT2D eigenvalue weighted by Crippen LogP contribution is -2.43. The van der Waals surface area contributed by atoms with Crippen molar-refractivity contribution >= 4 is 11.8 Å². The van der Waals surface area contributed by atoms with E-state index in [1.807, 2.05) is 41.3 Å². The van der Waals surface area contributed by atoms with Crippen LogP contribution in [0.25, 0.3) is 0 Å². The molecule has 0 aliphatic carbocycles. The zero-order valence-corrected chi connectivity index (χ0v) is 15.8. The number of piperidine rings is 1. The highest BCUT2D eigenvalue weighted by Crippen LogP contribution is 2.18. The van der Waals surface area contributed by atoms with E-state index in [9.17, 15) is 9.59 Å². The van der Waals surface area contributed by atoms with Crippen LogP contribution in [0.1, 0.15) is 30.4 Å². The first-order chi connectivity index (χ1) is 13.2. The van der Waals surface area contributed by atoms with Crippen molar-refractivity contribution in [3.63, 3.8) is 0 Å². The molecular formula is C23H28N2O2. The number of hydrogen-bond acceptors (Lipinski definition) is 2. The molecule has 1 N–H and O–H groups in total. The monoisotopic (exact) mass is 364 g/mol. The van der Waals surface area contributed by atoms with Crippen molar-refractivity contribution in [1.29, 1.82) is 0 Å². The Labute approximate surface area is 161 Å². The van der Waals surface area contributed by atoms with Crippen LogP contribution in [-0.4, -0.2) is 36.3 Å². The summed E-state index contributed by atoms with van der Waals surface area (Å²) in [5.74, 6) is 0.350. The topological polar surface area (TPSA) is 49.4 Å². The summed E-state index contributed by atoms with van der Waals surface area (Å²) in [7, 11) is 0. The zero-order valence-electron chi connectivity index (χ0n) is 15.8. The predicted molar refractivity (Wildman–Crippen MR) is 107 cm³/mol. The maximum atomic E-state index is 12.4. The van der Waals surface area contributed by atoms with Gasteiger partial charge < -0.3 is 10.2 Å². The summed E-state index contributed by atoms with van der Waals surface area (Å²) in [5.41, 5.74) is 2.43. The van der Waals surface area contributed by atoms with Gasteiger partial charge in [-0.05, 0) is 36.8 Å². The van der Waals surface area contributed by atoms with E-state index in [2.05, 4.69) is 29.6 Å². The molecule has 2 amide bonds. The maximum Gasteiger partial charge on any atom is 0.223 e. The molecule has 0 saturated carbocycles. The Kier molecular flexibility index (Phi) is 7.03. The minimum Gasteiger partial charge on any atom is -0.356 e. The SMILES string of the molecule is O=C(NCCc1ccccc1)C1CCN(C(=O)CCc2ccccc2)CC1. The molecule has 1 aliphatic heterocycles. The second kappa shape index (κ2) is 9.91. The van der Waals surface area contributed by atoms with E-state index < -0.39 is 0 Å². The summed E-state index contributed by atoms with van der Waals surface area (Å²) in [6.45, 7) is 2.04. The molecule has 3 rings (SSSR count). The molecule has 0 bridgehead atoms. The van der Waals surface area contributed by atoms with Gasteiger partial charge in [-0.1, -0.05) is 60.7 Å². The van der Waals surface area contributed by atoms with Crippen molar-refractivity contribution in [2.24, 2.45) is 5.92 Å². The molecule has 0 aromatic heterocycles. The zero-order chi connectivity index (χ0) is 18.9. The molecule has 2 aromatic carbocycles. The Bertz CT molecular complexity index is 723. The standard InChI is InChI=1S/C23H28N2O2/c26-22(12-11-19-7-3-1-4-8-19)25-17-14-21(15-18-25)23(27)24-16-13-20-9-5-2-6-10-20/h1-10,21H,11-18H2,(H,24,27). The Morgan fingerprint density at radius 2 is 1.41 bits per heavy atom. The van der Waals surface area contributed by atoms with Crippen molar-refractivity contribution < 1.29 is 9.59 Å². The lowest BCUT2D eigenvalue weighted by molar-refractivity contribution is -0.135. The van der Waals surface area contributed by atoms with Gasteiger partial charge in [0.25, 0.3) is 0 Å². The number of benzene rings is 2. The minimum absolute atomic E-state index is 0.0268. The molecule has 0 radical (unpaired) electrons. The number of nitrogens with one attached hydrogen (secondary N) is 1. The lowest BCUT2D eigenvalue weighted by atomic mass is 9.95. The van der Waals surface area contributed by atoms with Gasteiger partial charge in [0.15, 0.2) is 0 Å². The third-order valence-corrected chi connectivity index (χ3v) is 5.24. The summed E-state index contributed by atoms with van der Waals surface area (Å²) < 4.78 is 0. The Morgan fingerprint density at radius 3 is 2.00 bits per heavy atom. The first-order valence-corrected chi connectivity index (χ1v) is 9.86. The molecule has 1 heterocycles. The molecule has 4 nitrogen and oxygen atoms in total. The quantitative estimate of drug-likeness (QED) is 0.820. The summed E-state index contributed by atoms with van der Waals surface area (Å²) in [5, 5.41) is 3.05. The van der Waals surface area contributed by atoms with Crippen molar-refractivity contribution in [3.8, 4) is 0 Å². The summed E-state index contributed by atoms with van der Waals surface area (Å²) in [6.07, 6.45) is 3.68. The third kappa shape index (κ3) is 5.95. The van der Waals surface area contributed by atoms with Gasteiger partial charge in [0.1, 0.15) is 0 Å². The fourth-order valence-electron chi connectivity index (χ4n) is 3.56. The van der Waals surface area contributed by atoms with Gasteiger partial charge in [0.2, 0.25) is 11.8 Å². The van der Waals surface area contributed by atoms with E-state index in [0.29, 0.717) is 26.1 Å². The average Bonchev–Trinajstić information content (AvgIpc) is 2.73. The van der Waals surface area contributed by atoms with Crippen molar-refractivity contribution in [3.05, 3.63) is 71.8 Å². The van der Waals surface area contributed by atoms with Crippen molar-refractivity contribution in [2.75, 3.05) is 19.6 Å². The molecule has 1 aliphatic rings. The molecule has 0 unspecified atom stereocenters. The highest BCUT2D eigenvalue weighted by Gasteiger charge is 2.26. The van der Waals surface area contributed by atoms with Gasteiger partial charge >= 0.3 is 0 Å². The minimum atomic E-state index is 0.0268. The van der Waals surface area contributed by atoms with Crippen LogP contribution in [-0.2, 0) is 22.4 Å². The molecule has 142 valence electrons. The smallest absolute Gasteiger partial charge is 0.223 e. The Balaban J connectivity index is 1.35. The second-order valence-electron chi connectivity index (χ2n) is 7.17. The Hall–Kier alpha value is -2.62. The third-order valence-electron chi connectivity index (χ3n) is 5.24. The molecule has 1 fully saturated rings. The maximum absolute atomic E-state index is 12.4. The first kappa shape index (κ1) is 19.2. The molecular weight excluding hydrogens is 336 g/mol. The molecule has 27 heavy (non-hydrogen) atoms. The summed E-state index contributed by atoms with van der Waals surface area (Å²) in [6, 6.07) is 20.3. The van der Waals surface area contributed by atoms with Crippen LogP contribution in [0.3, 0.4) is 0 Å². The highest BCUT2D eigenvalue weighted by molar-refractivity contribution is 5.80. The molecule has 2 aromatic rings. The van der Waals surface area contributed by atoms with Gasteiger partial charge in [0, 0.05) is 32.0 Å². The van der Waals surface area contributed by atoms with E-state index in [0.717, 1.165) is 25.7 Å². The number of aryl methyl sites for hydroxylation is 1. The number of rotatable bonds is 7. The molecule has 1 saturated heterocycles. The molecule has 0 atom stereocenters. The van der Waals surface area contributed by atoms with Gasteiger partial charge in [-0.3, -0.25) is 9.59 Å². The highest BCUT2D eigenvalue weighted by atomic mass is 16.2.